The lowest BCUT2D eigenvalue weighted by atomic mass is 10.0. The van der Waals surface area contributed by atoms with Gasteiger partial charge in [-0.3, -0.25) is 4.79 Å². The minimum atomic E-state index is -1.30. The summed E-state index contributed by atoms with van der Waals surface area (Å²) in [4.78, 5) is 26.1. The van der Waals surface area contributed by atoms with E-state index in [1.165, 1.54) is 0 Å². The number of benzene rings is 1. The molecular weight excluding hydrogens is 284 g/mol. The zero-order valence-electron chi connectivity index (χ0n) is 12.2. The lowest BCUT2D eigenvalue weighted by Crippen LogP contribution is -2.61. The summed E-state index contributed by atoms with van der Waals surface area (Å²) >= 11 is 0. The third kappa shape index (κ3) is 2.39. The van der Waals surface area contributed by atoms with Crippen LogP contribution in [0.1, 0.15) is 25.3 Å². The number of carbonyl (C=O) groups excluding carboxylic acids is 2. The van der Waals surface area contributed by atoms with Gasteiger partial charge in [0, 0.05) is 6.54 Å². The van der Waals surface area contributed by atoms with E-state index in [-0.39, 0.29) is 18.5 Å². The molecule has 0 bridgehead atoms. The molecule has 1 aromatic rings. The second-order valence-electron chi connectivity index (χ2n) is 5.73. The van der Waals surface area contributed by atoms with E-state index in [1.807, 2.05) is 6.07 Å². The zero-order chi connectivity index (χ0) is 15.7. The lowest BCUT2D eigenvalue weighted by Gasteiger charge is -2.39. The molecule has 114 valence electrons. The second-order valence-corrected chi connectivity index (χ2v) is 5.73. The first-order valence-corrected chi connectivity index (χ1v) is 7.20. The predicted octanol–water partition coefficient (Wildman–Crippen LogP) is 1.24. The topological polar surface area (TPSA) is 79.6 Å². The van der Waals surface area contributed by atoms with E-state index in [4.69, 9.17) is 14.7 Å². The number of hydrogen-bond acceptors (Lipinski definition) is 5. The predicted molar refractivity (Wildman–Crippen MR) is 75.9 cm³/mol. The molecule has 6 nitrogen and oxygen atoms in total. The van der Waals surface area contributed by atoms with E-state index in [2.05, 4.69) is 0 Å². The SMILES string of the molecule is CC1(COc2ccc(C#N)cc2)OC(=O)C2CCCN2C1=O. The number of carbonyl (C=O) groups is 2. The van der Waals surface area contributed by atoms with E-state index in [9.17, 15) is 9.59 Å². The van der Waals surface area contributed by atoms with Gasteiger partial charge in [-0.2, -0.15) is 5.26 Å². The van der Waals surface area contributed by atoms with Gasteiger partial charge < -0.3 is 14.4 Å². The summed E-state index contributed by atoms with van der Waals surface area (Å²) in [6, 6.07) is 8.14. The molecule has 0 aromatic heterocycles. The molecule has 1 aromatic carbocycles. The minimum absolute atomic E-state index is 0.0489. The van der Waals surface area contributed by atoms with Gasteiger partial charge in [0.25, 0.3) is 5.91 Å². The van der Waals surface area contributed by atoms with Crippen LogP contribution in [0.5, 0.6) is 5.75 Å². The third-order valence-electron chi connectivity index (χ3n) is 4.06. The van der Waals surface area contributed by atoms with Crippen LogP contribution < -0.4 is 4.74 Å². The van der Waals surface area contributed by atoms with Crippen molar-refractivity contribution in [1.29, 1.82) is 5.26 Å². The summed E-state index contributed by atoms with van der Waals surface area (Å²) in [6.45, 7) is 2.11. The number of morpholine rings is 1. The summed E-state index contributed by atoms with van der Waals surface area (Å²) in [5.41, 5.74) is -0.773. The Morgan fingerprint density at radius 3 is 2.82 bits per heavy atom. The first-order chi connectivity index (χ1) is 10.5. The highest BCUT2D eigenvalue weighted by molar-refractivity contribution is 5.95. The Balaban J connectivity index is 1.71. The molecule has 6 heteroatoms. The van der Waals surface area contributed by atoms with Gasteiger partial charge in [0.05, 0.1) is 11.6 Å². The molecule has 2 heterocycles. The molecule has 3 rings (SSSR count). The Morgan fingerprint density at radius 2 is 2.14 bits per heavy atom. The Morgan fingerprint density at radius 1 is 1.41 bits per heavy atom. The van der Waals surface area contributed by atoms with Crippen LogP contribution in [0.3, 0.4) is 0 Å². The van der Waals surface area contributed by atoms with Crippen LogP contribution in [0.4, 0.5) is 0 Å². The second kappa shape index (κ2) is 5.34. The van der Waals surface area contributed by atoms with Crippen LogP contribution in [0.15, 0.2) is 24.3 Å². The quantitative estimate of drug-likeness (QED) is 0.785. The Bertz CT molecular complexity index is 649. The van der Waals surface area contributed by atoms with Gasteiger partial charge >= 0.3 is 5.97 Å². The van der Waals surface area contributed by atoms with Crippen molar-refractivity contribution in [2.75, 3.05) is 13.2 Å². The summed E-state index contributed by atoms with van der Waals surface area (Å²) in [5, 5.41) is 8.76. The van der Waals surface area contributed by atoms with Crippen molar-refractivity contribution >= 4 is 11.9 Å². The van der Waals surface area contributed by atoms with Crippen molar-refractivity contribution in [2.45, 2.75) is 31.4 Å². The van der Waals surface area contributed by atoms with Crippen molar-refractivity contribution in [3.63, 3.8) is 0 Å². The first-order valence-electron chi connectivity index (χ1n) is 7.20. The average molecular weight is 300 g/mol. The molecule has 22 heavy (non-hydrogen) atoms. The number of fused-ring (bicyclic) bond motifs is 1. The van der Waals surface area contributed by atoms with E-state index < -0.39 is 11.6 Å². The van der Waals surface area contributed by atoms with Gasteiger partial charge in [-0.05, 0) is 44.0 Å². The van der Waals surface area contributed by atoms with E-state index in [1.54, 1.807) is 36.1 Å². The summed E-state index contributed by atoms with van der Waals surface area (Å²) in [5.74, 6) is -0.0427. The number of cyclic esters (lactones) is 1. The highest BCUT2D eigenvalue weighted by Gasteiger charge is 2.52. The van der Waals surface area contributed by atoms with Crippen LogP contribution in [-0.4, -0.2) is 41.6 Å². The molecule has 2 unspecified atom stereocenters. The van der Waals surface area contributed by atoms with Gasteiger partial charge in [-0.15, -0.1) is 0 Å². The fourth-order valence-electron chi connectivity index (χ4n) is 2.83. The molecule has 2 saturated heterocycles. The number of amides is 1. The molecule has 2 fully saturated rings. The van der Waals surface area contributed by atoms with Crippen LogP contribution >= 0.6 is 0 Å². The molecule has 0 aliphatic carbocycles. The monoisotopic (exact) mass is 300 g/mol. The van der Waals surface area contributed by atoms with Crippen LogP contribution in [-0.2, 0) is 14.3 Å². The summed E-state index contributed by atoms with van der Waals surface area (Å²) in [7, 11) is 0. The number of ether oxygens (including phenoxy) is 2. The smallest absolute Gasteiger partial charge is 0.330 e. The van der Waals surface area contributed by atoms with Crippen molar-refractivity contribution in [3.05, 3.63) is 29.8 Å². The van der Waals surface area contributed by atoms with Crippen molar-refractivity contribution < 1.29 is 19.1 Å². The lowest BCUT2D eigenvalue weighted by molar-refractivity contribution is -0.191. The fraction of sp³-hybridized carbons (Fsp3) is 0.438. The van der Waals surface area contributed by atoms with Crippen molar-refractivity contribution in [2.24, 2.45) is 0 Å². The summed E-state index contributed by atoms with van der Waals surface area (Å²) < 4.78 is 10.9. The van der Waals surface area contributed by atoms with Crippen molar-refractivity contribution in [3.8, 4) is 11.8 Å². The molecule has 2 atom stereocenters. The average Bonchev–Trinajstić information content (AvgIpc) is 3.02. The normalized spacial score (nSPS) is 27.1. The van der Waals surface area contributed by atoms with Gasteiger partial charge in [0.15, 0.2) is 0 Å². The van der Waals surface area contributed by atoms with E-state index in [0.717, 1.165) is 6.42 Å². The minimum Gasteiger partial charge on any atom is -0.489 e. The Kier molecular flexibility index (Phi) is 3.49. The number of esters is 1. The Labute approximate surface area is 128 Å². The molecular formula is C16H16N2O4. The van der Waals surface area contributed by atoms with Crippen molar-refractivity contribution in [1.82, 2.24) is 4.90 Å². The van der Waals surface area contributed by atoms with Gasteiger partial charge in [-0.25, -0.2) is 4.79 Å². The molecule has 1 amide bonds. The highest BCUT2D eigenvalue weighted by Crippen LogP contribution is 2.31. The first kappa shape index (κ1) is 14.4. The summed E-state index contributed by atoms with van der Waals surface area (Å²) in [6.07, 6.45) is 1.48. The van der Waals surface area contributed by atoms with Gasteiger partial charge in [0.2, 0.25) is 5.60 Å². The van der Waals surface area contributed by atoms with Crippen LogP contribution in [0.2, 0.25) is 0 Å². The highest BCUT2D eigenvalue weighted by atomic mass is 16.6. The molecule has 0 radical (unpaired) electrons. The maximum absolute atomic E-state index is 12.5. The number of rotatable bonds is 3. The van der Waals surface area contributed by atoms with Gasteiger partial charge in [-0.1, -0.05) is 0 Å². The molecule has 2 aliphatic heterocycles. The molecule has 0 saturated carbocycles. The Hall–Kier alpha value is -2.55. The molecule has 0 N–H and O–H groups in total. The van der Waals surface area contributed by atoms with E-state index >= 15 is 0 Å². The number of nitriles is 1. The van der Waals surface area contributed by atoms with E-state index in [0.29, 0.717) is 24.3 Å². The zero-order valence-corrected chi connectivity index (χ0v) is 12.2. The third-order valence-corrected chi connectivity index (χ3v) is 4.06. The number of nitrogens with zero attached hydrogens (tertiary/aromatic N) is 2. The fourth-order valence-corrected chi connectivity index (χ4v) is 2.83. The molecule has 2 aliphatic rings. The largest absolute Gasteiger partial charge is 0.489 e. The number of hydrogen-bond donors (Lipinski definition) is 0. The maximum atomic E-state index is 12.5. The maximum Gasteiger partial charge on any atom is 0.330 e. The molecule has 0 spiro atoms. The van der Waals surface area contributed by atoms with Gasteiger partial charge in [0.1, 0.15) is 18.4 Å². The standard InChI is InChI=1S/C16H16N2O4/c1-16(10-21-12-6-4-11(9-17)5-7-12)15(20)18-8-2-3-13(18)14(19)22-16/h4-7,13H,2-3,8,10H2,1H3. The van der Waals surface area contributed by atoms with Crippen LogP contribution in [0.25, 0.3) is 0 Å². The van der Waals surface area contributed by atoms with Crippen LogP contribution in [0, 0.1) is 11.3 Å².